The van der Waals surface area contributed by atoms with E-state index in [9.17, 15) is 0 Å². The van der Waals surface area contributed by atoms with Crippen LogP contribution in [-0.2, 0) is 0 Å². The van der Waals surface area contributed by atoms with E-state index in [1.807, 2.05) is 0 Å². The number of hydrogen-bond acceptors (Lipinski definition) is 3. The first-order valence-electron chi connectivity index (χ1n) is 11.5. The maximum absolute atomic E-state index is 4.92. The normalized spacial score (nSPS) is 26.0. The molecule has 0 amide bonds. The van der Waals surface area contributed by atoms with Gasteiger partial charge >= 0.3 is 0 Å². The zero-order valence-electron chi connectivity index (χ0n) is 19.0. The Kier molecular flexibility index (Phi) is 13.0. The molecule has 28 heavy (non-hydrogen) atoms. The number of likely N-dealkylation sites (N-methyl/N-ethyl adjacent to an activating group) is 1. The fourth-order valence-corrected chi connectivity index (χ4v) is 4.48. The summed E-state index contributed by atoms with van der Waals surface area (Å²) in [6.07, 6.45) is 5.28. The van der Waals surface area contributed by atoms with Crippen molar-refractivity contribution in [2.45, 2.75) is 66.3 Å². The van der Waals surface area contributed by atoms with Crippen molar-refractivity contribution < 1.29 is 0 Å². The van der Waals surface area contributed by atoms with E-state index in [0.717, 1.165) is 30.9 Å². The van der Waals surface area contributed by atoms with Crippen LogP contribution in [0.1, 0.15) is 60.3 Å². The fraction of sp³-hybridized carbons (Fsp3) is 0.955. The zero-order valence-corrected chi connectivity index (χ0v) is 21.4. The Hall–Kier alpha value is -0.0800. The third-order valence-electron chi connectivity index (χ3n) is 6.44. The Balaban J connectivity index is 0.00000392. The SMILES string of the molecule is CCNC(=NCC(C)CN1CCN(CC)CC1)NC1CCC(C(C)C)CC1.I. The van der Waals surface area contributed by atoms with E-state index in [1.165, 1.54) is 65.0 Å². The number of piperazine rings is 1. The molecule has 166 valence electrons. The van der Waals surface area contributed by atoms with Crippen LogP contribution in [0.15, 0.2) is 4.99 Å². The van der Waals surface area contributed by atoms with Crippen molar-refractivity contribution in [3.8, 4) is 0 Å². The van der Waals surface area contributed by atoms with Crippen LogP contribution in [0.5, 0.6) is 0 Å². The Morgan fingerprint density at radius 2 is 1.57 bits per heavy atom. The molecule has 0 aromatic rings. The molecule has 2 fully saturated rings. The Morgan fingerprint density at radius 1 is 0.964 bits per heavy atom. The lowest BCUT2D eigenvalue weighted by molar-refractivity contribution is 0.125. The molecule has 2 N–H and O–H groups in total. The first-order valence-corrected chi connectivity index (χ1v) is 11.5. The van der Waals surface area contributed by atoms with Gasteiger partial charge in [0.1, 0.15) is 0 Å². The first-order chi connectivity index (χ1) is 13.0. The minimum Gasteiger partial charge on any atom is -0.357 e. The van der Waals surface area contributed by atoms with Crippen LogP contribution in [0.4, 0.5) is 0 Å². The van der Waals surface area contributed by atoms with Crippen LogP contribution >= 0.6 is 24.0 Å². The number of rotatable bonds is 8. The van der Waals surface area contributed by atoms with Gasteiger partial charge < -0.3 is 20.4 Å². The largest absolute Gasteiger partial charge is 0.357 e. The molecule has 5 nitrogen and oxygen atoms in total. The molecule has 0 aromatic heterocycles. The molecule has 1 saturated carbocycles. The van der Waals surface area contributed by atoms with Crippen molar-refractivity contribution in [1.82, 2.24) is 20.4 Å². The molecule has 1 heterocycles. The molecule has 2 aliphatic rings. The first kappa shape index (κ1) is 26.0. The van der Waals surface area contributed by atoms with Crippen molar-refractivity contribution >= 4 is 29.9 Å². The maximum Gasteiger partial charge on any atom is 0.191 e. The van der Waals surface area contributed by atoms with E-state index in [2.05, 4.69) is 55.1 Å². The topological polar surface area (TPSA) is 42.9 Å². The molecule has 0 aromatic carbocycles. The van der Waals surface area contributed by atoms with Gasteiger partial charge in [0.15, 0.2) is 5.96 Å². The lowest BCUT2D eigenvalue weighted by Crippen LogP contribution is -2.47. The third-order valence-corrected chi connectivity index (χ3v) is 6.44. The average molecular weight is 508 g/mol. The van der Waals surface area contributed by atoms with Crippen LogP contribution in [0, 0.1) is 17.8 Å². The molecule has 0 spiro atoms. The molecule has 1 aliphatic carbocycles. The smallest absolute Gasteiger partial charge is 0.191 e. The van der Waals surface area contributed by atoms with Crippen molar-refractivity contribution in [2.75, 3.05) is 52.4 Å². The molecule has 2 rings (SSSR count). The summed E-state index contributed by atoms with van der Waals surface area (Å²) in [5, 5.41) is 7.16. The van der Waals surface area contributed by atoms with Crippen molar-refractivity contribution in [3.05, 3.63) is 0 Å². The van der Waals surface area contributed by atoms with Gasteiger partial charge in [0, 0.05) is 51.9 Å². The lowest BCUT2D eigenvalue weighted by atomic mass is 9.80. The summed E-state index contributed by atoms with van der Waals surface area (Å²) in [6, 6.07) is 0.593. The second-order valence-corrected chi connectivity index (χ2v) is 9.06. The summed E-state index contributed by atoms with van der Waals surface area (Å²) in [6.45, 7) is 20.5. The van der Waals surface area contributed by atoms with Gasteiger partial charge in [-0.05, 0) is 56.9 Å². The summed E-state index contributed by atoms with van der Waals surface area (Å²) in [5.74, 6) is 3.36. The highest BCUT2D eigenvalue weighted by molar-refractivity contribution is 14.0. The lowest BCUT2D eigenvalue weighted by Gasteiger charge is -2.35. The molecule has 1 aliphatic heterocycles. The molecule has 1 unspecified atom stereocenters. The predicted molar refractivity (Wildman–Crippen MR) is 133 cm³/mol. The summed E-state index contributed by atoms with van der Waals surface area (Å²) in [5.41, 5.74) is 0. The highest BCUT2D eigenvalue weighted by Crippen LogP contribution is 2.29. The third kappa shape index (κ3) is 9.16. The van der Waals surface area contributed by atoms with E-state index in [4.69, 9.17) is 4.99 Å². The van der Waals surface area contributed by atoms with Crippen LogP contribution in [-0.4, -0.2) is 74.2 Å². The number of guanidine groups is 1. The van der Waals surface area contributed by atoms with Crippen LogP contribution in [0.2, 0.25) is 0 Å². The standard InChI is InChI=1S/C22H45N5.HI/c1-6-23-22(25-21-10-8-20(9-11-21)18(3)4)24-16-19(5)17-27-14-12-26(7-2)13-15-27;/h18-21H,6-17H2,1-5H3,(H2,23,24,25);1H. The highest BCUT2D eigenvalue weighted by Gasteiger charge is 2.24. The van der Waals surface area contributed by atoms with E-state index < -0.39 is 0 Å². The van der Waals surface area contributed by atoms with Gasteiger partial charge in [-0.3, -0.25) is 4.99 Å². The van der Waals surface area contributed by atoms with Gasteiger partial charge in [-0.2, -0.15) is 0 Å². The molecular weight excluding hydrogens is 461 g/mol. The van der Waals surface area contributed by atoms with Crippen LogP contribution in [0.3, 0.4) is 0 Å². The summed E-state index contributed by atoms with van der Waals surface area (Å²) in [7, 11) is 0. The number of halogens is 1. The highest BCUT2D eigenvalue weighted by atomic mass is 127. The van der Waals surface area contributed by atoms with E-state index in [-0.39, 0.29) is 24.0 Å². The van der Waals surface area contributed by atoms with E-state index >= 15 is 0 Å². The van der Waals surface area contributed by atoms with Gasteiger partial charge in [0.2, 0.25) is 0 Å². The molecule has 0 radical (unpaired) electrons. The van der Waals surface area contributed by atoms with Crippen molar-refractivity contribution in [2.24, 2.45) is 22.7 Å². The predicted octanol–water partition coefficient (Wildman–Crippen LogP) is 3.65. The van der Waals surface area contributed by atoms with Gasteiger partial charge in [-0.15, -0.1) is 24.0 Å². The van der Waals surface area contributed by atoms with E-state index in [1.54, 1.807) is 0 Å². The van der Waals surface area contributed by atoms with Gasteiger partial charge in [-0.1, -0.05) is 27.7 Å². The Morgan fingerprint density at radius 3 is 2.11 bits per heavy atom. The molecule has 1 atom stereocenters. The Bertz CT molecular complexity index is 427. The number of hydrogen-bond donors (Lipinski definition) is 2. The van der Waals surface area contributed by atoms with Gasteiger partial charge in [0.25, 0.3) is 0 Å². The summed E-state index contributed by atoms with van der Waals surface area (Å²) < 4.78 is 0. The second-order valence-electron chi connectivity index (χ2n) is 9.06. The quantitative estimate of drug-likeness (QED) is 0.299. The minimum absolute atomic E-state index is 0. The number of nitrogens with zero attached hydrogens (tertiary/aromatic N) is 3. The number of aliphatic imine (C=N–C) groups is 1. The van der Waals surface area contributed by atoms with Crippen molar-refractivity contribution in [1.29, 1.82) is 0 Å². The van der Waals surface area contributed by atoms with Crippen LogP contribution in [0.25, 0.3) is 0 Å². The molecular formula is C22H46IN5. The average Bonchev–Trinajstić information content (AvgIpc) is 2.67. The monoisotopic (exact) mass is 507 g/mol. The zero-order chi connectivity index (χ0) is 19.6. The van der Waals surface area contributed by atoms with Crippen LogP contribution < -0.4 is 10.6 Å². The van der Waals surface area contributed by atoms with Crippen molar-refractivity contribution in [3.63, 3.8) is 0 Å². The fourth-order valence-electron chi connectivity index (χ4n) is 4.48. The second kappa shape index (κ2) is 14.0. The summed E-state index contributed by atoms with van der Waals surface area (Å²) >= 11 is 0. The maximum atomic E-state index is 4.92. The van der Waals surface area contributed by atoms with Gasteiger partial charge in [-0.25, -0.2) is 0 Å². The Labute approximate surface area is 191 Å². The number of nitrogens with one attached hydrogen (secondary N) is 2. The van der Waals surface area contributed by atoms with E-state index in [0.29, 0.717) is 12.0 Å². The van der Waals surface area contributed by atoms with Gasteiger partial charge in [0.05, 0.1) is 0 Å². The molecule has 1 saturated heterocycles. The molecule has 6 heteroatoms. The molecule has 0 bridgehead atoms. The summed E-state index contributed by atoms with van der Waals surface area (Å²) in [4.78, 5) is 10.1. The minimum atomic E-state index is 0.